The van der Waals surface area contributed by atoms with Crippen LogP contribution in [0.2, 0.25) is 0 Å². The predicted octanol–water partition coefficient (Wildman–Crippen LogP) is 1.69. The Kier molecular flexibility index (Phi) is 3.12. The molecule has 0 bridgehead atoms. The Labute approximate surface area is 84.0 Å². The number of benzene rings is 1. The average molecular weight is 193 g/mol. The predicted molar refractivity (Wildman–Crippen MR) is 56.8 cm³/mol. The Bertz CT molecular complexity index is 345. The van der Waals surface area contributed by atoms with E-state index >= 15 is 0 Å². The van der Waals surface area contributed by atoms with Crippen LogP contribution in [0.4, 0.5) is 5.69 Å². The smallest absolute Gasteiger partial charge is 0.307 e. The van der Waals surface area contributed by atoms with Gasteiger partial charge in [-0.25, -0.2) is 0 Å². The van der Waals surface area contributed by atoms with Crippen molar-refractivity contribution in [2.45, 2.75) is 13.3 Å². The molecule has 1 aromatic carbocycles. The Morgan fingerprint density at radius 3 is 2.50 bits per heavy atom. The normalized spacial score (nSPS) is 9.93. The first kappa shape index (κ1) is 10.6. The van der Waals surface area contributed by atoms with Gasteiger partial charge in [0.2, 0.25) is 0 Å². The first-order valence-corrected chi connectivity index (χ1v) is 4.49. The van der Waals surface area contributed by atoms with Crippen LogP contribution in [-0.2, 0) is 11.2 Å². The molecule has 0 fully saturated rings. The zero-order chi connectivity index (χ0) is 10.7. The number of aryl methyl sites for hydroxylation is 1. The second-order valence-electron chi connectivity index (χ2n) is 3.59. The number of rotatable bonds is 3. The molecule has 0 saturated carbocycles. The van der Waals surface area contributed by atoms with E-state index in [1.165, 1.54) is 0 Å². The minimum Gasteiger partial charge on any atom is -0.481 e. The summed E-state index contributed by atoms with van der Waals surface area (Å²) in [6.45, 7) is 1.99. The van der Waals surface area contributed by atoms with Crippen LogP contribution in [0.3, 0.4) is 0 Å². The summed E-state index contributed by atoms with van der Waals surface area (Å²) in [4.78, 5) is 12.5. The first-order valence-electron chi connectivity index (χ1n) is 4.49. The lowest BCUT2D eigenvalue weighted by molar-refractivity contribution is -0.136. The van der Waals surface area contributed by atoms with Crippen LogP contribution in [0.15, 0.2) is 18.2 Å². The quantitative estimate of drug-likeness (QED) is 0.794. The second kappa shape index (κ2) is 4.13. The monoisotopic (exact) mass is 193 g/mol. The van der Waals surface area contributed by atoms with Gasteiger partial charge in [0, 0.05) is 19.8 Å². The van der Waals surface area contributed by atoms with Crippen molar-refractivity contribution in [1.29, 1.82) is 0 Å². The van der Waals surface area contributed by atoms with Crippen LogP contribution in [-0.4, -0.2) is 25.2 Å². The third-order valence-electron chi connectivity index (χ3n) is 2.10. The molecular formula is C11H15NO2. The molecule has 0 aliphatic rings. The second-order valence-corrected chi connectivity index (χ2v) is 3.59. The molecule has 0 aliphatic carbocycles. The molecular weight excluding hydrogens is 178 g/mol. The molecule has 0 amide bonds. The van der Waals surface area contributed by atoms with Crippen LogP contribution in [0.5, 0.6) is 0 Å². The Morgan fingerprint density at radius 1 is 1.43 bits per heavy atom. The number of carboxylic acid groups (broad SMARTS) is 1. The summed E-state index contributed by atoms with van der Waals surface area (Å²) in [6, 6.07) is 5.73. The van der Waals surface area contributed by atoms with E-state index in [9.17, 15) is 4.79 Å². The van der Waals surface area contributed by atoms with E-state index in [1.807, 2.05) is 44.1 Å². The van der Waals surface area contributed by atoms with Crippen molar-refractivity contribution in [3.05, 3.63) is 29.3 Å². The van der Waals surface area contributed by atoms with Crippen molar-refractivity contribution < 1.29 is 9.90 Å². The van der Waals surface area contributed by atoms with Gasteiger partial charge < -0.3 is 10.0 Å². The number of hydrogen-bond donors (Lipinski definition) is 1. The average Bonchev–Trinajstić information content (AvgIpc) is 2.01. The molecule has 1 rings (SSSR count). The zero-order valence-corrected chi connectivity index (χ0v) is 8.74. The molecule has 76 valence electrons. The van der Waals surface area contributed by atoms with Crippen molar-refractivity contribution >= 4 is 11.7 Å². The summed E-state index contributed by atoms with van der Waals surface area (Å²) < 4.78 is 0. The van der Waals surface area contributed by atoms with Crippen LogP contribution < -0.4 is 4.90 Å². The largest absolute Gasteiger partial charge is 0.481 e. The lowest BCUT2D eigenvalue weighted by Crippen LogP contribution is -2.10. The van der Waals surface area contributed by atoms with E-state index in [0.29, 0.717) is 0 Å². The van der Waals surface area contributed by atoms with E-state index in [1.54, 1.807) is 0 Å². The number of carboxylic acids is 1. The highest BCUT2D eigenvalue weighted by atomic mass is 16.4. The van der Waals surface area contributed by atoms with Crippen molar-refractivity contribution in [2.24, 2.45) is 0 Å². The van der Waals surface area contributed by atoms with Gasteiger partial charge in [0.25, 0.3) is 0 Å². The van der Waals surface area contributed by atoms with Gasteiger partial charge in [-0.1, -0.05) is 12.1 Å². The van der Waals surface area contributed by atoms with Crippen molar-refractivity contribution in [3.63, 3.8) is 0 Å². The molecule has 0 heterocycles. The third kappa shape index (κ3) is 2.49. The van der Waals surface area contributed by atoms with Gasteiger partial charge in [-0.2, -0.15) is 0 Å². The van der Waals surface area contributed by atoms with Gasteiger partial charge in [-0.05, 0) is 24.1 Å². The summed E-state index contributed by atoms with van der Waals surface area (Å²) in [5.74, 6) is -0.790. The van der Waals surface area contributed by atoms with Crippen LogP contribution in [0.1, 0.15) is 11.1 Å². The first-order chi connectivity index (χ1) is 6.50. The molecule has 14 heavy (non-hydrogen) atoms. The fourth-order valence-corrected chi connectivity index (χ4v) is 1.50. The SMILES string of the molecule is Cc1cc(CC(=O)O)ccc1N(C)C. The van der Waals surface area contributed by atoms with Crippen LogP contribution >= 0.6 is 0 Å². The lowest BCUT2D eigenvalue weighted by Gasteiger charge is -2.15. The van der Waals surface area contributed by atoms with E-state index in [-0.39, 0.29) is 6.42 Å². The van der Waals surface area contributed by atoms with Gasteiger partial charge in [0.1, 0.15) is 0 Å². The third-order valence-corrected chi connectivity index (χ3v) is 2.10. The van der Waals surface area contributed by atoms with E-state index in [2.05, 4.69) is 0 Å². The van der Waals surface area contributed by atoms with Gasteiger partial charge >= 0.3 is 5.97 Å². The van der Waals surface area contributed by atoms with E-state index < -0.39 is 5.97 Å². The minimum atomic E-state index is -0.790. The molecule has 3 nitrogen and oxygen atoms in total. The highest BCUT2D eigenvalue weighted by Crippen LogP contribution is 2.19. The van der Waals surface area contributed by atoms with Crippen LogP contribution in [0, 0.1) is 6.92 Å². The molecule has 0 radical (unpaired) electrons. The zero-order valence-electron chi connectivity index (χ0n) is 8.74. The van der Waals surface area contributed by atoms with Crippen molar-refractivity contribution in [3.8, 4) is 0 Å². The fourth-order valence-electron chi connectivity index (χ4n) is 1.50. The van der Waals surface area contributed by atoms with Gasteiger partial charge in [0.05, 0.1) is 6.42 Å². The van der Waals surface area contributed by atoms with Gasteiger partial charge in [-0.3, -0.25) is 4.79 Å². The number of anilines is 1. The summed E-state index contributed by atoms with van der Waals surface area (Å²) in [5.41, 5.74) is 3.08. The molecule has 1 aromatic rings. The van der Waals surface area contributed by atoms with Crippen LogP contribution in [0.25, 0.3) is 0 Å². The van der Waals surface area contributed by atoms with Crippen molar-refractivity contribution in [1.82, 2.24) is 0 Å². The number of hydrogen-bond acceptors (Lipinski definition) is 2. The fraction of sp³-hybridized carbons (Fsp3) is 0.364. The molecule has 0 saturated heterocycles. The maximum atomic E-state index is 10.5. The molecule has 0 aliphatic heterocycles. The van der Waals surface area contributed by atoms with Gasteiger partial charge in [-0.15, -0.1) is 0 Å². The lowest BCUT2D eigenvalue weighted by atomic mass is 10.1. The molecule has 0 atom stereocenters. The summed E-state index contributed by atoms with van der Waals surface area (Å²) in [7, 11) is 3.94. The molecule has 0 aromatic heterocycles. The standard InChI is InChI=1S/C11H15NO2/c1-8-6-9(7-11(13)14)4-5-10(8)12(2)3/h4-6H,7H2,1-3H3,(H,13,14). The van der Waals surface area contributed by atoms with Gasteiger partial charge in [0.15, 0.2) is 0 Å². The summed E-state index contributed by atoms with van der Waals surface area (Å²) in [5, 5.41) is 8.63. The number of aliphatic carboxylic acids is 1. The molecule has 0 unspecified atom stereocenters. The molecule has 1 N–H and O–H groups in total. The molecule has 3 heteroatoms. The highest BCUT2D eigenvalue weighted by Gasteiger charge is 2.04. The Balaban J connectivity index is 2.94. The maximum absolute atomic E-state index is 10.5. The minimum absolute atomic E-state index is 0.0918. The highest BCUT2D eigenvalue weighted by molar-refractivity contribution is 5.70. The summed E-state index contributed by atoms with van der Waals surface area (Å²) >= 11 is 0. The number of nitrogens with zero attached hydrogens (tertiary/aromatic N) is 1. The topological polar surface area (TPSA) is 40.5 Å². The Morgan fingerprint density at radius 2 is 2.07 bits per heavy atom. The number of carbonyl (C=O) groups is 1. The Hall–Kier alpha value is -1.51. The maximum Gasteiger partial charge on any atom is 0.307 e. The van der Waals surface area contributed by atoms with E-state index in [0.717, 1.165) is 16.8 Å². The van der Waals surface area contributed by atoms with Crippen molar-refractivity contribution in [2.75, 3.05) is 19.0 Å². The summed E-state index contributed by atoms with van der Waals surface area (Å²) in [6.07, 6.45) is 0.0918. The molecule has 0 spiro atoms. The van der Waals surface area contributed by atoms with E-state index in [4.69, 9.17) is 5.11 Å².